The second kappa shape index (κ2) is 19.5. The monoisotopic (exact) mass is 534 g/mol. The summed E-state index contributed by atoms with van der Waals surface area (Å²) in [4.78, 5) is 0. The number of hydrogen-bond donors (Lipinski definition) is 0. The van der Waals surface area contributed by atoms with E-state index < -0.39 is 17.6 Å². The first kappa shape index (κ1) is 32.2. The molecule has 0 N–H and O–H groups in total. The summed E-state index contributed by atoms with van der Waals surface area (Å²) in [5, 5.41) is 0. The molecule has 0 heterocycles. The van der Waals surface area contributed by atoms with Crippen molar-refractivity contribution >= 4 is 49.0 Å². The van der Waals surface area contributed by atoms with Crippen LogP contribution in [0.1, 0.15) is 55.4 Å². The van der Waals surface area contributed by atoms with E-state index in [-0.39, 0.29) is 0 Å². The molecule has 11 heteroatoms. The molecular weight excluding hydrogens is 489 g/mol. The normalized spacial score (nSPS) is 14.7. The first-order valence-corrected chi connectivity index (χ1v) is 19.3. The highest BCUT2D eigenvalue weighted by molar-refractivity contribution is 9.09. The second-order valence-corrected chi connectivity index (χ2v) is 16.8. The fraction of sp³-hybridized carbons (Fsp3) is 1.00. The molecular formula is C20H46O6S3Si2. The van der Waals surface area contributed by atoms with Crippen LogP contribution in [-0.2, 0) is 26.6 Å². The van der Waals surface area contributed by atoms with Crippen LogP contribution in [0.15, 0.2) is 0 Å². The molecule has 0 bridgehead atoms. The van der Waals surface area contributed by atoms with E-state index in [4.69, 9.17) is 26.6 Å². The Balaban J connectivity index is 4.41. The van der Waals surface area contributed by atoms with Gasteiger partial charge >= 0.3 is 17.6 Å². The van der Waals surface area contributed by atoms with Crippen LogP contribution in [0.2, 0.25) is 12.1 Å². The molecule has 0 saturated heterocycles. The number of rotatable bonds is 22. The molecule has 0 aliphatic carbocycles. The highest BCUT2D eigenvalue weighted by Gasteiger charge is 2.42. The van der Waals surface area contributed by atoms with Crippen molar-refractivity contribution in [2.24, 2.45) is 11.8 Å². The Morgan fingerprint density at radius 2 is 0.774 bits per heavy atom. The molecule has 6 nitrogen and oxygen atoms in total. The molecule has 0 spiro atoms. The Labute approximate surface area is 205 Å². The van der Waals surface area contributed by atoms with Crippen LogP contribution < -0.4 is 0 Å². The molecule has 188 valence electrons. The van der Waals surface area contributed by atoms with Crippen molar-refractivity contribution < 1.29 is 26.6 Å². The lowest BCUT2D eigenvalue weighted by molar-refractivity contribution is 0.0676. The molecule has 0 aromatic rings. The summed E-state index contributed by atoms with van der Waals surface area (Å²) in [6.45, 7) is 20.3. The maximum atomic E-state index is 5.99. The summed E-state index contributed by atoms with van der Waals surface area (Å²) in [6.07, 6.45) is 0. The van der Waals surface area contributed by atoms with Gasteiger partial charge < -0.3 is 26.6 Å². The Hall–Kier alpha value is 1.24. The zero-order valence-corrected chi connectivity index (χ0v) is 25.3. The van der Waals surface area contributed by atoms with Gasteiger partial charge in [-0.1, -0.05) is 35.4 Å². The SMILES string of the molecule is CCO[Si](CC(C)CSSSCC(C)C[Si](OCC)(OCC)OCC)(OCC)OCC. The van der Waals surface area contributed by atoms with Crippen LogP contribution in [0.25, 0.3) is 0 Å². The van der Waals surface area contributed by atoms with Gasteiger partial charge in [0.15, 0.2) is 0 Å². The predicted octanol–water partition coefficient (Wildman–Crippen LogP) is 6.39. The lowest BCUT2D eigenvalue weighted by Crippen LogP contribution is -2.47. The van der Waals surface area contributed by atoms with Gasteiger partial charge in [0.25, 0.3) is 0 Å². The Morgan fingerprint density at radius 3 is 1.00 bits per heavy atom. The minimum absolute atomic E-state index is 0.473. The summed E-state index contributed by atoms with van der Waals surface area (Å²) >= 11 is 0. The third kappa shape index (κ3) is 14.3. The van der Waals surface area contributed by atoms with Crippen molar-refractivity contribution in [3.63, 3.8) is 0 Å². The maximum Gasteiger partial charge on any atom is 0.501 e. The molecule has 0 radical (unpaired) electrons. The predicted molar refractivity (Wildman–Crippen MR) is 142 cm³/mol. The zero-order valence-electron chi connectivity index (χ0n) is 20.9. The zero-order chi connectivity index (χ0) is 23.6. The molecule has 0 aliphatic rings. The third-order valence-corrected chi connectivity index (χ3v) is 15.7. The van der Waals surface area contributed by atoms with Crippen LogP contribution in [-0.4, -0.2) is 68.8 Å². The van der Waals surface area contributed by atoms with E-state index in [2.05, 4.69) is 13.8 Å². The van der Waals surface area contributed by atoms with E-state index in [1.165, 1.54) is 0 Å². The smallest absolute Gasteiger partial charge is 0.374 e. The third-order valence-electron chi connectivity index (χ3n) is 4.18. The summed E-state index contributed by atoms with van der Waals surface area (Å²) in [5.41, 5.74) is 0. The van der Waals surface area contributed by atoms with Crippen molar-refractivity contribution in [3.05, 3.63) is 0 Å². The van der Waals surface area contributed by atoms with E-state index in [1.54, 1.807) is 0 Å². The van der Waals surface area contributed by atoms with E-state index in [0.29, 0.717) is 51.5 Å². The van der Waals surface area contributed by atoms with E-state index >= 15 is 0 Å². The van der Waals surface area contributed by atoms with Gasteiger partial charge in [-0.05, 0) is 63.2 Å². The molecule has 2 unspecified atom stereocenters. The Kier molecular flexibility index (Phi) is 20.3. The summed E-state index contributed by atoms with van der Waals surface area (Å²) in [6, 6.07) is 1.73. The van der Waals surface area contributed by atoms with Crippen molar-refractivity contribution in [2.45, 2.75) is 67.5 Å². The van der Waals surface area contributed by atoms with Crippen molar-refractivity contribution in [1.82, 2.24) is 0 Å². The minimum atomic E-state index is -2.56. The Bertz CT molecular complexity index is 356. The second-order valence-electron chi connectivity index (χ2n) is 7.22. The molecule has 0 rings (SSSR count). The maximum absolute atomic E-state index is 5.99. The van der Waals surface area contributed by atoms with Crippen molar-refractivity contribution in [2.75, 3.05) is 51.1 Å². The van der Waals surface area contributed by atoms with E-state index in [9.17, 15) is 0 Å². The molecule has 0 fully saturated rings. The first-order chi connectivity index (χ1) is 14.9. The van der Waals surface area contributed by atoms with Crippen LogP contribution in [0.5, 0.6) is 0 Å². The van der Waals surface area contributed by atoms with Crippen LogP contribution in [0.3, 0.4) is 0 Å². The lowest BCUT2D eigenvalue weighted by Gasteiger charge is -2.30. The summed E-state index contributed by atoms with van der Waals surface area (Å²) in [5.74, 6) is 3.04. The first-order valence-electron chi connectivity index (χ1n) is 11.6. The lowest BCUT2D eigenvalue weighted by atomic mass is 10.3. The topological polar surface area (TPSA) is 55.4 Å². The van der Waals surface area contributed by atoms with Gasteiger partial charge in [0.2, 0.25) is 0 Å². The quantitative estimate of drug-likeness (QED) is 0.0893. The fourth-order valence-electron chi connectivity index (χ4n) is 3.22. The van der Waals surface area contributed by atoms with Crippen LogP contribution in [0.4, 0.5) is 0 Å². The average molecular weight is 535 g/mol. The summed E-state index contributed by atoms with van der Waals surface area (Å²) < 4.78 is 35.9. The molecule has 0 amide bonds. The largest absolute Gasteiger partial charge is 0.501 e. The van der Waals surface area contributed by atoms with Crippen LogP contribution in [0, 0.1) is 11.8 Å². The van der Waals surface area contributed by atoms with Gasteiger partial charge in [0.1, 0.15) is 0 Å². The molecule has 0 aliphatic heterocycles. The minimum Gasteiger partial charge on any atom is -0.374 e. The van der Waals surface area contributed by atoms with E-state index in [0.717, 1.165) is 23.6 Å². The fourth-order valence-corrected chi connectivity index (χ4v) is 13.9. The molecule has 0 aromatic heterocycles. The van der Waals surface area contributed by atoms with Gasteiger partial charge in [-0.15, -0.1) is 0 Å². The van der Waals surface area contributed by atoms with Gasteiger partial charge in [0, 0.05) is 63.2 Å². The molecule has 31 heavy (non-hydrogen) atoms. The van der Waals surface area contributed by atoms with Crippen molar-refractivity contribution in [1.29, 1.82) is 0 Å². The van der Waals surface area contributed by atoms with E-state index in [1.807, 2.05) is 73.0 Å². The Morgan fingerprint density at radius 1 is 0.516 bits per heavy atom. The average Bonchev–Trinajstić information content (AvgIpc) is 2.69. The number of hydrogen-bond acceptors (Lipinski definition) is 9. The van der Waals surface area contributed by atoms with Crippen molar-refractivity contribution in [3.8, 4) is 0 Å². The van der Waals surface area contributed by atoms with Gasteiger partial charge in [0.05, 0.1) is 0 Å². The molecule has 2 atom stereocenters. The highest BCUT2D eigenvalue weighted by Crippen LogP contribution is 2.39. The van der Waals surface area contributed by atoms with Gasteiger partial charge in [-0.2, -0.15) is 0 Å². The highest BCUT2D eigenvalue weighted by atomic mass is 33.5. The van der Waals surface area contributed by atoms with Gasteiger partial charge in [-0.25, -0.2) is 0 Å². The molecule has 0 saturated carbocycles. The standard InChI is InChI=1S/C20H46O6S3Si2/c1-9-21-30(22-10-2,23-11-3)17-19(7)15-27-29-28-16-20(8)18-31(24-12-4,25-13-5)26-14-6/h19-20H,9-18H2,1-8H3. The molecule has 0 aromatic carbocycles. The van der Waals surface area contributed by atoms with Crippen LogP contribution >= 0.6 is 31.4 Å². The van der Waals surface area contributed by atoms with Gasteiger partial charge in [-0.3, -0.25) is 0 Å². The summed E-state index contributed by atoms with van der Waals surface area (Å²) in [7, 11) is 0.537.